The first-order valence-corrected chi connectivity index (χ1v) is 25.2. The van der Waals surface area contributed by atoms with Crippen molar-refractivity contribution in [3.05, 3.63) is 96.1 Å². The fraction of sp³-hybridized carbons (Fsp3) is 0.588. The number of benzene rings is 2. The van der Waals surface area contributed by atoms with E-state index in [-0.39, 0.29) is 101 Å². The Kier molecular flexibility index (Phi) is 20.8. The minimum atomic E-state index is -3.21. The number of alkyl carbamates (subject to hydrolysis) is 1. The Hall–Kier alpha value is -6.99. The Labute approximate surface area is 443 Å². The first-order valence-electron chi connectivity index (χ1n) is 25.2. The van der Waals surface area contributed by atoms with E-state index in [1.807, 2.05) is 0 Å². The zero-order valence-corrected chi connectivity index (χ0v) is 44.3. The van der Waals surface area contributed by atoms with Crippen LogP contribution in [0.15, 0.2) is 73.3 Å². The number of likely N-dealkylation sites (tertiary alicyclic amines) is 2. The molecule has 6 rings (SSSR count). The Balaban J connectivity index is 0.000000289. The molecule has 5 N–H and O–H groups in total. The highest BCUT2D eigenvalue weighted by Crippen LogP contribution is 2.37. The highest BCUT2D eigenvalue weighted by molar-refractivity contribution is 5.89. The number of ether oxygens (including phenoxy) is 3. The minimum Gasteiger partial charge on any atom is -0.447 e. The average Bonchev–Trinajstić information content (AvgIpc) is 4.21. The molecule has 2 fully saturated rings. The van der Waals surface area contributed by atoms with Crippen LogP contribution in [0, 0.1) is 0 Å². The molecule has 0 saturated carbocycles. The molecular formula is C51H70F6N12O8. The van der Waals surface area contributed by atoms with Crippen molar-refractivity contribution in [2.75, 3.05) is 39.4 Å². The molecule has 5 amide bonds. The van der Waals surface area contributed by atoms with E-state index in [4.69, 9.17) is 19.9 Å². The van der Waals surface area contributed by atoms with Gasteiger partial charge in [0, 0.05) is 37.1 Å². The number of nitrogens with one attached hydrogen (secondary N) is 3. The van der Waals surface area contributed by atoms with Gasteiger partial charge in [-0.05, 0) is 74.1 Å². The van der Waals surface area contributed by atoms with E-state index in [2.05, 4.69) is 36.1 Å². The second-order valence-corrected chi connectivity index (χ2v) is 20.8. The quantitative estimate of drug-likeness (QED) is 0.0470. The van der Waals surface area contributed by atoms with Crippen LogP contribution in [0.2, 0.25) is 0 Å². The van der Waals surface area contributed by atoms with E-state index in [0.29, 0.717) is 0 Å². The maximum absolute atomic E-state index is 15.1. The van der Waals surface area contributed by atoms with Crippen molar-refractivity contribution >= 4 is 30.1 Å². The third-order valence-electron chi connectivity index (χ3n) is 12.2. The number of nitrogens with two attached hydrogens (primary N) is 1. The maximum Gasteiger partial charge on any atom is 0.409 e. The third-order valence-corrected chi connectivity index (χ3v) is 12.2. The van der Waals surface area contributed by atoms with Gasteiger partial charge < -0.3 is 45.7 Å². The molecule has 0 unspecified atom stereocenters. The average molecular weight is 1090 g/mol. The number of halogens is 6. The van der Waals surface area contributed by atoms with Crippen molar-refractivity contribution in [1.29, 1.82) is 0 Å². The highest BCUT2D eigenvalue weighted by Gasteiger charge is 2.39. The maximum atomic E-state index is 15.1. The zero-order valence-electron chi connectivity index (χ0n) is 44.3. The number of alkyl halides is 6. The van der Waals surface area contributed by atoms with Crippen molar-refractivity contribution in [3.63, 3.8) is 0 Å². The smallest absolute Gasteiger partial charge is 0.409 e. The summed E-state index contributed by atoms with van der Waals surface area (Å²) in [7, 11) is 0. The topological polar surface area (TPSA) is 243 Å². The lowest BCUT2D eigenvalue weighted by Crippen LogP contribution is -2.56. The van der Waals surface area contributed by atoms with Crippen LogP contribution in [0.25, 0.3) is 0 Å². The molecule has 2 aromatic heterocycles. The molecular weight excluding hydrogens is 1020 g/mol. The molecule has 4 heterocycles. The summed E-state index contributed by atoms with van der Waals surface area (Å²) in [5, 5.41) is 16.1. The van der Waals surface area contributed by atoms with Crippen LogP contribution < -0.4 is 21.7 Å². The molecule has 0 spiro atoms. The lowest BCUT2D eigenvalue weighted by molar-refractivity contribution is -0.127. The number of nitrogens with zero attached hydrogens (tertiary/aromatic N) is 8. The Bertz CT molecular complexity index is 2560. The van der Waals surface area contributed by atoms with Gasteiger partial charge in [0.2, 0.25) is 11.8 Å². The molecule has 4 atom stereocenters. The van der Waals surface area contributed by atoms with Gasteiger partial charge in [0.25, 0.3) is 11.8 Å². The van der Waals surface area contributed by atoms with Crippen molar-refractivity contribution in [2.45, 2.75) is 153 Å². The highest BCUT2D eigenvalue weighted by atomic mass is 19.3. The van der Waals surface area contributed by atoms with E-state index in [9.17, 15) is 41.5 Å². The van der Waals surface area contributed by atoms with Gasteiger partial charge in [-0.1, -0.05) is 60.7 Å². The number of hydrogen-bond acceptors (Lipinski definition) is 13. The molecule has 2 aliphatic rings. The Morgan fingerprint density at radius 2 is 1.05 bits per heavy atom. The van der Waals surface area contributed by atoms with E-state index in [1.54, 1.807) is 32.9 Å². The van der Waals surface area contributed by atoms with E-state index in [0.717, 1.165) is 0 Å². The van der Waals surface area contributed by atoms with Crippen LogP contribution in [0.3, 0.4) is 0 Å². The van der Waals surface area contributed by atoms with Gasteiger partial charge in [-0.2, -0.15) is 10.2 Å². The van der Waals surface area contributed by atoms with Gasteiger partial charge >= 0.3 is 18.3 Å². The largest absolute Gasteiger partial charge is 0.447 e. The zero-order chi connectivity index (χ0) is 56.8. The summed E-state index contributed by atoms with van der Waals surface area (Å²) in [6.07, 6.45) is -2.91. The van der Waals surface area contributed by atoms with Gasteiger partial charge in [-0.25, -0.2) is 60.1 Å². The van der Waals surface area contributed by atoms with Gasteiger partial charge in [-0.15, -0.1) is 0 Å². The Morgan fingerprint density at radius 1 is 0.649 bits per heavy atom. The summed E-state index contributed by atoms with van der Waals surface area (Å²) in [5.41, 5.74) is 2.05. The first kappa shape index (κ1) is 60.9. The fourth-order valence-electron chi connectivity index (χ4n) is 7.95. The summed E-state index contributed by atoms with van der Waals surface area (Å²) in [4.78, 5) is 73.4. The number of hydrogen-bond donors (Lipinski definition) is 4. The third kappa shape index (κ3) is 18.6. The molecule has 0 aliphatic carbocycles. The molecule has 2 aliphatic heterocycles. The number of aromatic nitrogens is 6. The summed E-state index contributed by atoms with van der Waals surface area (Å²) in [6.45, 7) is 11.3. The van der Waals surface area contributed by atoms with Crippen molar-refractivity contribution in [3.8, 4) is 0 Å². The van der Waals surface area contributed by atoms with Crippen LogP contribution in [-0.2, 0) is 48.7 Å². The Morgan fingerprint density at radius 3 is 1.42 bits per heavy atom. The molecule has 20 nitrogen and oxygen atoms in total. The van der Waals surface area contributed by atoms with Crippen molar-refractivity contribution in [2.24, 2.45) is 5.73 Å². The monoisotopic (exact) mass is 1090 g/mol. The van der Waals surface area contributed by atoms with Gasteiger partial charge in [0.1, 0.15) is 61.0 Å². The summed E-state index contributed by atoms with van der Waals surface area (Å²) in [5.74, 6) is -7.17. The molecule has 0 bridgehead atoms. The molecule has 0 radical (unpaired) electrons. The molecule has 4 aromatic rings. The second kappa shape index (κ2) is 26.4. The number of carbonyl (C=O) groups is 5. The van der Waals surface area contributed by atoms with Crippen molar-refractivity contribution < 1.29 is 64.5 Å². The van der Waals surface area contributed by atoms with Crippen molar-refractivity contribution in [1.82, 2.24) is 55.3 Å². The molecule has 2 saturated heterocycles. The summed E-state index contributed by atoms with van der Waals surface area (Å²) in [6, 6.07) is 12.8. The lowest BCUT2D eigenvalue weighted by Gasteiger charge is -2.30. The fourth-order valence-corrected chi connectivity index (χ4v) is 7.95. The van der Waals surface area contributed by atoms with Gasteiger partial charge in [-0.3, -0.25) is 9.59 Å². The lowest BCUT2D eigenvalue weighted by atomic mass is 9.98. The summed E-state index contributed by atoms with van der Waals surface area (Å²) >= 11 is 0. The van der Waals surface area contributed by atoms with E-state index < -0.39 is 95.9 Å². The SMILES string of the molecule is CC(C)(C)OC(=O)NC(C)(C)C(=O)N[C@@H](CCC(F)(F)c1ccccc1)c1ncnn1CCOC(=O)N1CC[C@@H](F)C1.CC(C)(N)C(=O)N[C@@H](CCC(F)(F)c1ccccc1)c1ncnn1CCOC(=O)N1CC[C@@H](F)C1. The molecule has 77 heavy (non-hydrogen) atoms. The van der Waals surface area contributed by atoms with Crippen LogP contribution in [-0.4, -0.2) is 138 Å². The second-order valence-electron chi connectivity index (χ2n) is 20.8. The standard InChI is InChI=1S/C28H39F3N6O5.C23H31F3N6O3/c1-26(2,3)42-24(39)35-27(4,5)23(38)34-21(11-13-28(30,31)19-9-7-6-8-10-19)22-32-18-33-37(22)15-16-41-25(40)36-14-12-20(29)17-36;1-22(2,27)20(33)30-18(8-10-23(25,26)16-6-4-3-5-7-16)19-28-15-29-32(19)12-13-35-21(34)31-11-9-17(24)14-31/h6-10,18,20-21H,11-17H2,1-5H3,(H,34,38)(H,35,39);3-7,15,17-18H,8-14,27H2,1-2H3,(H,30,33)/t20-,21+;17-,18+/m11/s1. The number of rotatable bonds is 21. The first-order chi connectivity index (χ1) is 36.0. The van der Waals surface area contributed by atoms with Gasteiger partial charge in [0.15, 0.2) is 0 Å². The van der Waals surface area contributed by atoms with Gasteiger partial charge in [0.05, 0.1) is 43.8 Å². The van der Waals surface area contributed by atoms with E-state index >= 15 is 8.78 Å². The van der Waals surface area contributed by atoms with Crippen LogP contribution in [0.5, 0.6) is 0 Å². The summed E-state index contributed by atoms with van der Waals surface area (Å²) < 4.78 is 105. The minimum absolute atomic E-state index is 0.00792. The predicted molar refractivity (Wildman–Crippen MR) is 268 cm³/mol. The van der Waals surface area contributed by atoms with E-state index in [1.165, 1.54) is 108 Å². The molecule has 424 valence electrons. The van der Waals surface area contributed by atoms with Crippen LogP contribution >= 0.6 is 0 Å². The number of amides is 5. The normalized spacial score (nSPS) is 16.9. The predicted octanol–water partition coefficient (Wildman–Crippen LogP) is 7.42. The van der Waals surface area contributed by atoms with Crippen LogP contribution in [0.4, 0.5) is 40.7 Å². The van der Waals surface area contributed by atoms with Crippen LogP contribution in [0.1, 0.15) is 122 Å². The number of carbonyl (C=O) groups excluding carboxylic acids is 5. The molecule has 26 heteroatoms. The molecule has 2 aromatic carbocycles.